The van der Waals surface area contributed by atoms with E-state index >= 15 is 0 Å². The highest BCUT2D eigenvalue weighted by Crippen LogP contribution is 2.52. The van der Waals surface area contributed by atoms with Gasteiger partial charge in [-0.25, -0.2) is 0 Å². The molecule has 4 aliphatic rings. The van der Waals surface area contributed by atoms with Gasteiger partial charge in [-0.2, -0.15) is 0 Å². The Morgan fingerprint density at radius 1 is 0.600 bits per heavy atom. The summed E-state index contributed by atoms with van der Waals surface area (Å²) in [6, 6.07) is 0. The lowest BCUT2D eigenvalue weighted by Gasteiger charge is -2.58. The topological polar surface area (TPSA) is 18.5 Å². The normalized spacial score (nSPS) is 57.6. The Labute approximate surface area is 60.5 Å². The Morgan fingerprint density at radius 2 is 0.900 bits per heavy atom. The fourth-order valence-electron chi connectivity index (χ4n) is 2.79. The molecular weight excluding hydrogens is 128 g/mol. The molecule has 0 amide bonds. The molecule has 1 aliphatic carbocycles. The number of ether oxygens (including phenoxy) is 2. The summed E-state index contributed by atoms with van der Waals surface area (Å²) in [5, 5.41) is 0. The van der Waals surface area contributed by atoms with E-state index < -0.39 is 0 Å². The third-order valence-electron chi connectivity index (χ3n) is 3.44. The van der Waals surface area contributed by atoms with E-state index in [0.717, 1.165) is 50.1 Å². The zero-order valence-corrected chi connectivity index (χ0v) is 5.95. The Kier molecular flexibility index (Phi) is 0.968. The second kappa shape index (κ2) is 1.74. The summed E-state index contributed by atoms with van der Waals surface area (Å²) in [6.45, 7) is 4.04. The summed E-state index contributed by atoms with van der Waals surface area (Å²) >= 11 is 0. The van der Waals surface area contributed by atoms with E-state index in [4.69, 9.17) is 9.47 Å². The zero-order chi connectivity index (χ0) is 6.55. The molecular formula is C8H12O2. The Balaban J connectivity index is 1.86. The van der Waals surface area contributed by atoms with Gasteiger partial charge in [-0.15, -0.1) is 0 Å². The molecule has 1 saturated carbocycles. The van der Waals surface area contributed by atoms with Gasteiger partial charge in [0.15, 0.2) is 0 Å². The van der Waals surface area contributed by atoms with Gasteiger partial charge in [-0.05, 0) is 23.7 Å². The first-order chi connectivity index (χ1) is 4.97. The van der Waals surface area contributed by atoms with Crippen LogP contribution in [0.4, 0.5) is 0 Å². The summed E-state index contributed by atoms with van der Waals surface area (Å²) in [5.41, 5.74) is 0. The largest absolute Gasteiger partial charge is 0.381 e. The van der Waals surface area contributed by atoms with Crippen LogP contribution in [0.5, 0.6) is 0 Å². The van der Waals surface area contributed by atoms with Crippen molar-refractivity contribution in [1.82, 2.24) is 0 Å². The third-order valence-corrected chi connectivity index (χ3v) is 3.44. The van der Waals surface area contributed by atoms with Gasteiger partial charge in [0.05, 0.1) is 26.4 Å². The van der Waals surface area contributed by atoms with E-state index in [-0.39, 0.29) is 0 Å². The van der Waals surface area contributed by atoms with Crippen LogP contribution in [0.1, 0.15) is 0 Å². The van der Waals surface area contributed by atoms with Gasteiger partial charge in [0, 0.05) is 0 Å². The molecule has 2 heteroatoms. The van der Waals surface area contributed by atoms with E-state index in [0.29, 0.717) is 0 Å². The third kappa shape index (κ3) is 0.487. The molecule has 4 rings (SSSR count). The van der Waals surface area contributed by atoms with E-state index in [1.807, 2.05) is 0 Å². The van der Waals surface area contributed by atoms with Crippen LogP contribution in [-0.2, 0) is 9.47 Å². The van der Waals surface area contributed by atoms with Crippen LogP contribution in [0.3, 0.4) is 0 Å². The lowest BCUT2D eigenvalue weighted by molar-refractivity contribution is -0.239. The van der Waals surface area contributed by atoms with E-state index in [9.17, 15) is 0 Å². The molecule has 2 nitrogen and oxygen atoms in total. The first kappa shape index (κ1) is 5.56. The summed E-state index contributed by atoms with van der Waals surface area (Å²) in [5.74, 6) is 3.47. The quantitative estimate of drug-likeness (QED) is 0.488. The first-order valence-electron chi connectivity index (χ1n) is 4.12. The monoisotopic (exact) mass is 140 g/mol. The van der Waals surface area contributed by atoms with Crippen LogP contribution in [0.2, 0.25) is 0 Å². The maximum atomic E-state index is 5.41. The molecule has 10 heavy (non-hydrogen) atoms. The van der Waals surface area contributed by atoms with Gasteiger partial charge in [0.1, 0.15) is 0 Å². The van der Waals surface area contributed by atoms with Crippen molar-refractivity contribution in [3.8, 4) is 0 Å². The molecule has 0 unspecified atom stereocenters. The van der Waals surface area contributed by atoms with Crippen molar-refractivity contribution >= 4 is 0 Å². The average molecular weight is 140 g/mol. The SMILES string of the molecule is C1OCC2C3COCC2C13. The lowest BCUT2D eigenvalue weighted by atomic mass is 9.55. The summed E-state index contributed by atoms with van der Waals surface area (Å²) in [4.78, 5) is 0. The van der Waals surface area contributed by atoms with E-state index in [1.165, 1.54) is 0 Å². The smallest absolute Gasteiger partial charge is 0.0501 e. The molecule has 3 heterocycles. The minimum Gasteiger partial charge on any atom is -0.381 e. The van der Waals surface area contributed by atoms with Crippen molar-refractivity contribution in [2.45, 2.75) is 0 Å². The fraction of sp³-hybridized carbons (Fsp3) is 1.00. The van der Waals surface area contributed by atoms with Crippen LogP contribution < -0.4 is 0 Å². The van der Waals surface area contributed by atoms with Crippen LogP contribution in [-0.4, -0.2) is 26.4 Å². The van der Waals surface area contributed by atoms with Crippen molar-refractivity contribution in [2.75, 3.05) is 26.4 Å². The van der Waals surface area contributed by atoms with Crippen LogP contribution in [0.25, 0.3) is 0 Å². The molecule has 0 aromatic heterocycles. The second-order valence-electron chi connectivity index (χ2n) is 3.73. The first-order valence-corrected chi connectivity index (χ1v) is 4.12. The van der Waals surface area contributed by atoms with E-state index in [1.54, 1.807) is 0 Å². The number of rotatable bonds is 0. The minimum absolute atomic E-state index is 0.868. The maximum absolute atomic E-state index is 5.41. The average Bonchev–Trinajstić information content (AvgIpc) is 2.08. The minimum atomic E-state index is 0.868. The second-order valence-corrected chi connectivity index (χ2v) is 3.73. The Bertz CT molecular complexity index is 115. The van der Waals surface area contributed by atoms with Crippen molar-refractivity contribution in [3.05, 3.63) is 0 Å². The van der Waals surface area contributed by atoms with Crippen molar-refractivity contribution < 1.29 is 9.47 Å². The van der Waals surface area contributed by atoms with Gasteiger partial charge in [-0.1, -0.05) is 0 Å². The lowest BCUT2D eigenvalue weighted by Crippen LogP contribution is -2.61. The molecule has 4 fully saturated rings. The Hall–Kier alpha value is -0.0800. The zero-order valence-electron chi connectivity index (χ0n) is 5.95. The fourth-order valence-corrected chi connectivity index (χ4v) is 2.79. The van der Waals surface area contributed by atoms with Gasteiger partial charge in [0.2, 0.25) is 0 Å². The van der Waals surface area contributed by atoms with Crippen LogP contribution in [0, 0.1) is 23.7 Å². The molecule has 3 saturated heterocycles. The summed E-state index contributed by atoms with van der Waals surface area (Å²) < 4.78 is 10.8. The summed E-state index contributed by atoms with van der Waals surface area (Å²) in [6.07, 6.45) is 0. The molecule has 0 spiro atoms. The highest BCUT2D eigenvalue weighted by atomic mass is 16.5. The summed E-state index contributed by atoms with van der Waals surface area (Å²) in [7, 11) is 0. The molecule has 3 aliphatic heterocycles. The van der Waals surface area contributed by atoms with Crippen LogP contribution >= 0.6 is 0 Å². The molecule has 0 atom stereocenters. The number of hydrogen-bond donors (Lipinski definition) is 0. The highest BCUT2D eigenvalue weighted by Gasteiger charge is 2.55. The van der Waals surface area contributed by atoms with Gasteiger partial charge in [0.25, 0.3) is 0 Å². The van der Waals surface area contributed by atoms with E-state index in [2.05, 4.69) is 0 Å². The maximum Gasteiger partial charge on any atom is 0.0501 e. The molecule has 0 aromatic carbocycles. The van der Waals surface area contributed by atoms with Crippen LogP contribution in [0.15, 0.2) is 0 Å². The van der Waals surface area contributed by atoms with Crippen molar-refractivity contribution in [3.63, 3.8) is 0 Å². The number of hydrogen-bond acceptors (Lipinski definition) is 2. The van der Waals surface area contributed by atoms with Crippen molar-refractivity contribution in [2.24, 2.45) is 23.7 Å². The predicted molar refractivity (Wildman–Crippen MR) is 35.6 cm³/mol. The predicted octanol–water partition coefficient (Wildman–Crippen LogP) is 0.525. The number of fused-ring (bicyclic) bond motifs is 2. The molecule has 56 valence electrons. The van der Waals surface area contributed by atoms with Gasteiger partial charge >= 0.3 is 0 Å². The van der Waals surface area contributed by atoms with Gasteiger partial charge in [-0.3, -0.25) is 0 Å². The molecule has 0 radical (unpaired) electrons. The standard InChI is InChI=1S/C8H12O2/c1-5-6-3-10-4-7(5)8(6)2-9-1/h5-8H,1-4H2. The Morgan fingerprint density at radius 3 is 1.20 bits per heavy atom. The highest BCUT2D eigenvalue weighted by molar-refractivity contribution is 5.01. The molecule has 0 aromatic rings. The molecule has 0 N–H and O–H groups in total. The molecule has 4 bridgehead atoms. The van der Waals surface area contributed by atoms with Crippen molar-refractivity contribution in [1.29, 1.82) is 0 Å². The van der Waals surface area contributed by atoms with Gasteiger partial charge < -0.3 is 9.47 Å².